The molecule has 0 bridgehead atoms. The van der Waals surface area contributed by atoms with Gasteiger partial charge in [-0.2, -0.15) is 4.37 Å². The molecule has 1 aromatic heterocycles. The minimum atomic E-state index is 0. The Morgan fingerprint density at radius 3 is 2.66 bits per heavy atom. The van der Waals surface area contributed by atoms with Gasteiger partial charge in [0, 0.05) is 77.0 Å². The minimum Gasteiger partial charge on any atom is -0.381 e. The van der Waals surface area contributed by atoms with E-state index in [0.717, 1.165) is 102 Å². The molecule has 2 fully saturated rings. The molecule has 1 N–H and O–H groups in total. The predicted molar refractivity (Wildman–Crippen MR) is 129 cm³/mol. The highest BCUT2D eigenvalue weighted by molar-refractivity contribution is 14.0. The molecular formula is C19H35IN6O2S. The first-order chi connectivity index (χ1) is 13.8. The van der Waals surface area contributed by atoms with Crippen LogP contribution in [0.4, 0.5) is 5.13 Å². The Balaban J connectivity index is 0.00000300. The largest absolute Gasteiger partial charge is 0.381 e. The van der Waals surface area contributed by atoms with Crippen molar-refractivity contribution in [2.75, 3.05) is 64.0 Å². The molecule has 2 aliphatic rings. The van der Waals surface area contributed by atoms with Gasteiger partial charge < -0.3 is 24.6 Å². The number of aryl methyl sites for hydroxylation is 1. The smallest absolute Gasteiger partial charge is 0.205 e. The van der Waals surface area contributed by atoms with Crippen molar-refractivity contribution >= 4 is 46.6 Å². The summed E-state index contributed by atoms with van der Waals surface area (Å²) in [5, 5.41) is 4.48. The van der Waals surface area contributed by atoms with Crippen LogP contribution in [0.2, 0.25) is 0 Å². The van der Waals surface area contributed by atoms with Crippen molar-refractivity contribution in [3.05, 3.63) is 5.82 Å². The van der Waals surface area contributed by atoms with Crippen molar-refractivity contribution in [3.63, 3.8) is 0 Å². The summed E-state index contributed by atoms with van der Waals surface area (Å²) in [6, 6.07) is 0. The van der Waals surface area contributed by atoms with E-state index in [1.165, 1.54) is 11.5 Å². The van der Waals surface area contributed by atoms with Gasteiger partial charge in [-0.1, -0.05) is 6.92 Å². The quantitative estimate of drug-likeness (QED) is 0.236. The van der Waals surface area contributed by atoms with Crippen molar-refractivity contribution in [3.8, 4) is 0 Å². The summed E-state index contributed by atoms with van der Waals surface area (Å²) >= 11 is 1.51. The molecule has 0 radical (unpaired) electrons. The number of rotatable bonds is 8. The molecule has 2 aliphatic heterocycles. The van der Waals surface area contributed by atoms with E-state index in [9.17, 15) is 0 Å². The average Bonchev–Trinajstić information content (AvgIpc) is 3.23. The van der Waals surface area contributed by atoms with Crippen LogP contribution in [0.15, 0.2) is 4.99 Å². The number of ether oxygens (including phenoxy) is 2. The van der Waals surface area contributed by atoms with E-state index >= 15 is 0 Å². The van der Waals surface area contributed by atoms with Crippen LogP contribution in [-0.4, -0.2) is 85.4 Å². The molecule has 166 valence electrons. The molecule has 3 heterocycles. The van der Waals surface area contributed by atoms with Crippen LogP contribution < -0.4 is 10.2 Å². The highest BCUT2D eigenvalue weighted by Crippen LogP contribution is 2.19. The molecule has 2 saturated heterocycles. The van der Waals surface area contributed by atoms with Gasteiger partial charge in [0.2, 0.25) is 5.13 Å². The summed E-state index contributed by atoms with van der Waals surface area (Å²) in [6.45, 7) is 12.1. The van der Waals surface area contributed by atoms with E-state index in [2.05, 4.69) is 38.3 Å². The summed E-state index contributed by atoms with van der Waals surface area (Å²) in [7, 11) is 0. The molecule has 0 amide bonds. The van der Waals surface area contributed by atoms with Gasteiger partial charge in [-0.25, -0.2) is 4.98 Å². The van der Waals surface area contributed by atoms with Gasteiger partial charge >= 0.3 is 0 Å². The molecule has 0 unspecified atom stereocenters. The zero-order valence-electron chi connectivity index (χ0n) is 17.6. The predicted octanol–water partition coefficient (Wildman–Crippen LogP) is 2.39. The van der Waals surface area contributed by atoms with E-state index in [4.69, 9.17) is 14.5 Å². The molecule has 0 spiro atoms. The first-order valence-electron chi connectivity index (χ1n) is 10.6. The summed E-state index contributed by atoms with van der Waals surface area (Å²) in [4.78, 5) is 14.1. The summed E-state index contributed by atoms with van der Waals surface area (Å²) < 4.78 is 15.7. The van der Waals surface area contributed by atoms with E-state index in [0.29, 0.717) is 6.10 Å². The molecule has 10 heteroatoms. The Morgan fingerprint density at radius 2 is 2.00 bits per heavy atom. The second kappa shape index (κ2) is 13.6. The second-order valence-corrected chi connectivity index (χ2v) is 7.82. The van der Waals surface area contributed by atoms with Crippen LogP contribution in [-0.2, 0) is 15.9 Å². The van der Waals surface area contributed by atoms with E-state index in [1.54, 1.807) is 0 Å². The zero-order valence-corrected chi connectivity index (χ0v) is 20.8. The number of hydrogen-bond acceptors (Lipinski definition) is 7. The van der Waals surface area contributed by atoms with E-state index in [-0.39, 0.29) is 24.0 Å². The van der Waals surface area contributed by atoms with Crippen molar-refractivity contribution in [2.24, 2.45) is 4.99 Å². The molecular weight excluding hydrogens is 503 g/mol. The minimum absolute atomic E-state index is 0. The van der Waals surface area contributed by atoms with Crippen molar-refractivity contribution < 1.29 is 9.47 Å². The molecule has 8 nitrogen and oxygen atoms in total. The Labute approximate surface area is 195 Å². The highest BCUT2D eigenvalue weighted by atomic mass is 127. The first-order valence-corrected chi connectivity index (χ1v) is 11.4. The van der Waals surface area contributed by atoms with Crippen LogP contribution in [0.1, 0.15) is 38.9 Å². The standard InChI is InChI=1S/C19H34N6O2S.HI/c1-3-17-22-19(28-23-17)25-11-9-24(10-12-25)18(20-4-2)21-8-5-13-27-16-6-14-26-15-7-16;/h16H,3-15H2,1-2H3,(H,20,21);1H. The van der Waals surface area contributed by atoms with Gasteiger partial charge in [0.15, 0.2) is 5.96 Å². The number of nitrogens with zero attached hydrogens (tertiary/aromatic N) is 5. The van der Waals surface area contributed by atoms with Gasteiger partial charge in [-0.15, -0.1) is 24.0 Å². The summed E-state index contributed by atoms with van der Waals surface area (Å²) in [6.07, 6.45) is 4.25. The lowest BCUT2D eigenvalue weighted by molar-refractivity contribution is -0.0318. The number of nitrogens with one attached hydrogen (secondary N) is 1. The Morgan fingerprint density at radius 1 is 1.24 bits per heavy atom. The maximum Gasteiger partial charge on any atom is 0.205 e. The Bertz CT molecular complexity index is 603. The van der Waals surface area contributed by atoms with Crippen LogP contribution in [0.5, 0.6) is 0 Å². The highest BCUT2D eigenvalue weighted by Gasteiger charge is 2.22. The number of aromatic nitrogens is 2. The lowest BCUT2D eigenvalue weighted by atomic mass is 10.1. The number of guanidine groups is 1. The van der Waals surface area contributed by atoms with Gasteiger partial charge in [-0.05, 0) is 26.2 Å². The molecule has 0 atom stereocenters. The number of piperazine rings is 1. The summed E-state index contributed by atoms with van der Waals surface area (Å²) in [5.74, 6) is 1.96. The molecule has 29 heavy (non-hydrogen) atoms. The Hall–Kier alpha value is -0.720. The van der Waals surface area contributed by atoms with E-state index < -0.39 is 0 Å². The van der Waals surface area contributed by atoms with Crippen molar-refractivity contribution in [1.29, 1.82) is 0 Å². The number of halogens is 1. The number of anilines is 1. The fourth-order valence-corrected chi connectivity index (χ4v) is 4.20. The first kappa shape index (κ1) is 24.5. The van der Waals surface area contributed by atoms with Crippen LogP contribution in [0, 0.1) is 0 Å². The van der Waals surface area contributed by atoms with Gasteiger partial charge in [0.1, 0.15) is 5.82 Å². The third-order valence-electron chi connectivity index (χ3n) is 5.04. The fourth-order valence-electron chi connectivity index (χ4n) is 3.39. The van der Waals surface area contributed by atoms with Gasteiger partial charge in [0.05, 0.1) is 6.10 Å². The number of aliphatic imine (C=N–C) groups is 1. The van der Waals surface area contributed by atoms with Crippen LogP contribution in [0.3, 0.4) is 0 Å². The van der Waals surface area contributed by atoms with E-state index in [1.807, 2.05) is 0 Å². The summed E-state index contributed by atoms with van der Waals surface area (Å²) in [5.41, 5.74) is 0. The third-order valence-corrected chi connectivity index (χ3v) is 5.86. The molecule has 0 aromatic carbocycles. The maximum atomic E-state index is 5.94. The second-order valence-electron chi connectivity index (χ2n) is 7.09. The third kappa shape index (κ3) is 7.80. The average molecular weight is 539 g/mol. The maximum absolute atomic E-state index is 5.94. The lowest BCUT2D eigenvalue weighted by Gasteiger charge is -2.36. The molecule has 3 rings (SSSR count). The van der Waals surface area contributed by atoms with Crippen molar-refractivity contribution in [1.82, 2.24) is 19.6 Å². The Kier molecular flexibility index (Phi) is 11.5. The SMILES string of the molecule is CCNC(=NCCCOC1CCOCC1)N1CCN(c2nc(CC)ns2)CC1.I. The van der Waals surface area contributed by atoms with Gasteiger partial charge in [-0.3, -0.25) is 4.99 Å². The zero-order chi connectivity index (χ0) is 19.6. The van der Waals surface area contributed by atoms with Gasteiger partial charge in [0.25, 0.3) is 0 Å². The molecule has 0 aliphatic carbocycles. The monoisotopic (exact) mass is 538 g/mol. The number of hydrogen-bond donors (Lipinski definition) is 1. The lowest BCUT2D eigenvalue weighted by Crippen LogP contribution is -2.52. The van der Waals surface area contributed by atoms with Crippen LogP contribution in [0.25, 0.3) is 0 Å². The molecule has 1 aromatic rings. The fraction of sp³-hybridized carbons (Fsp3) is 0.842. The van der Waals surface area contributed by atoms with Crippen molar-refractivity contribution in [2.45, 2.75) is 45.6 Å². The normalized spacial score (nSPS) is 18.6. The van der Waals surface area contributed by atoms with Crippen LogP contribution >= 0.6 is 35.5 Å². The topological polar surface area (TPSA) is 75.1 Å². The molecule has 0 saturated carbocycles.